The molecule has 1 aliphatic heterocycles. The number of methoxy groups -OCH3 is 1. The number of amides is 2. The Hall–Kier alpha value is -2.82. The molecular weight excluding hydrogens is 388 g/mol. The normalized spacial score (nSPS) is 17.1. The van der Waals surface area contributed by atoms with Crippen LogP contribution in [-0.2, 0) is 16.0 Å². The molecule has 5 heteroatoms. The molecule has 0 saturated carbocycles. The lowest BCUT2D eigenvalue weighted by atomic mass is 9.90. The van der Waals surface area contributed by atoms with Gasteiger partial charge in [0.1, 0.15) is 5.75 Å². The van der Waals surface area contributed by atoms with Crippen molar-refractivity contribution < 1.29 is 14.3 Å². The fourth-order valence-electron chi connectivity index (χ4n) is 4.47. The average Bonchev–Trinajstić information content (AvgIpc) is 2.94. The van der Waals surface area contributed by atoms with Crippen LogP contribution in [0, 0.1) is 11.8 Å². The number of carbonyl (C=O) groups is 2. The molecule has 166 valence electrons. The zero-order chi connectivity index (χ0) is 22.4. The van der Waals surface area contributed by atoms with E-state index in [1.807, 2.05) is 48.3 Å². The fraction of sp³-hybridized carbons (Fsp3) is 0.462. The van der Waals surface area contributed by atoms with Gasteiger partial charge in [-0.05, 0) is 36.5 Å². The van der Waals surface area contributed by atoms with Crippen LogP contribution >= 0.6 is 0 Å². The van der Waals surface area contributed by atoms with Crippen molar-refractivity contribution in [1.29, 1.82) is 0 Å². The molecule has 0 N–H and O–H groups in total. The summed E-state index contributed by atoms with van der Waals surface area (Å²) in [5.74, 6) is 0.859. The largest absolute Gasteiger partial charge is 0.496 e. The Bertz CT molecular complexity index is 907. The summed E-state index contributed by atoms with van der Waals surface area (Å²) in [7, 11) is 3.51. The molecule has 0 aliphatic carbocycles. The van der Waals surface area contributed by atoms with E-state index in [4.69, 9.17) is 4.74 Å². The Morgan fingerprint density at radius 3 is 2.35 bits per heavy atom. The van der Waals surface area contributed by atoms with Gasteiger partial charge >= 0.3 is 0 Å². The maximum absolute atomic E-state index is 13.2. The number of hydrogen-bond acceptors (Lipinski definition) is 3. The Morgan fingerprint density at radius 2 is 1.68 bits per heavy atom. The molecule has 31 heavy (non-hydrogen) atoms. The third-order valence-corrected chi connectivity index (χ3v) is 6.40. The van der Waals surface area contributed by atoms with Gasteiger partial charge in [0.2, 0.25) is 11.8 Å². The molecule has 5 nitrogen and oxygen atoms in total. The molecule has 0 bridgehead atoms. The molecule has 3 rings (SSSR count). The topological polar surface area (TPSA) is 49.9 Å². The molecule has 0 radical (unpaired) electrons. The lowest BCUT2D eigenvalue weighted by Crippen LogP contribution is -2.40. The standard InChI is InChI=1S/C26H34N2O3/c1-5-19(6-2)26(30)28-16-15-27(3)25(29)21(18-28)17-20-11-7-8-12-22(20)23-13-9-10-14-24(23)31-4/h7-14,19,21H,5-6,15-18H2,1-4H3. The summed E-state index contributed by atoms with van der Waals surface area (Å²) in [4.78, 5) is 29.9. The first-order valence-electron chi connectivity index (χ1n) is 11.2. The van der Waals surface area contributed by atoms with E-state index in [9.17, 15) is 9.59 Å². The second-order valence-corrected chi connectivity index (χ2v) is 8.32. The van der Waals surface area contributed by atoms with E-state index in [1.165, 1.54) is 0 Å². The Morgan fingerprint density at radius 1 is 1.03 bits per heavy atom. The maximum Gasteiger partial charge on any atom is 0.227 e. The summed E-state index contributed by atoms with van der Waals surface area (Å²) in [5, 5.41) is 0. The van der Waals surface area contributed by atoms with Crippen molar-refractivity contribution in [2.24, 2.45) is 11.8 Å². The van der Waals surface area contributed by atoms with Crippen LogP contribution in [-0.4, -0.2) is 55.4 Å². The maximum atomic E-state index is 13.2. The first-order valence-corrected chi connectivity index (χ1v) is 11.2. The summed E-state index contributed by atoms with van der Waals surface area (Å²) in [5.41, 5.74) is 3.17. The van der Waals surface area contributed by atoms with E-state index >= 15 is 0 Å². The molecule has 1 heterocycles. The third-order valence-electron chi connectivity index (χ3n) is 6.40. The molecule has 1 aliphatic rings. The van der Waals surface area contributed by atoms with Crippen LogP contribution < -0.4 is 4.74 Å². The number of benzene rings is 2. The minimum absolute atomic E-state index is 0.0278. The monoisotopic (exact) mass is 422 g/mol. The molecule has 1 atom stereocenters. The van der Waals surface area contributed by atoms with Gasteiger partial charge in [-0.3, -0.25) is 9.59 Å². The van der Waals surface area contributed by atoms with Crippen molar-refractivity contribution in [2.45, 2.75) is 33.1 Å². The highest BCUT2D eigenvalue weighted by Gasteiger charge is 2.33. The third kappa shape index (κ3) is 5.09. The summed E-state index contributed by atoms with van der Waals surface area (Å²) >= 11 is 0. The average molecular weight is 423 g/mol. The predicted octanol–water partition coefficient (Wildman–Crippen LogP) is 4.26. The molecule has 2 aromatic rings. The van der Waals surface area contributed by atoms with E-state index < -0.39 is 0 Å². The quantitative estimate of drug-likeness (QED) is 0.670. The lowest BCUT2D eigenvalue weighted by Gasteiger charge is -2.27. The van der Waals surface area contributed by atoms with Gasteiger partial charge in [0.25, 0.3) is 0 Å². The summed E-state index contributed by atoms with van der Waals surface area (Å²) in [6, 6.07) is 16.1. The van der Waals surface area contributed by atoms with E-state index in [-0.39, 0.29) is 23.7 Å². The van der Waals surface area contributed by atoms with Gasteiger partial charge < -0.3 is 14.5 Å². The highest BCUT2D eigenvalue weighted by atomic mass is 16.5. The van der Waals surface area contributed by atoms with E-state index in [0.717, 1.165) is 35.3 Å². The van der Waals surface area contributed by atoms with Crippen molar-refractivity contribution in [3.8, 4) is 16.9 Å². The van der Waals surface area contributed by atoms with Gasteiger partial charge in [0.15, 0.2) is 0 Å². The Kier molecular flexibility index (Phi) is 7.72. The fourth-order valence-corrected chi connectivity index (χ4v) is 4.47. The van der Waals surface area contributed by atoms with Gasteiger partial charge in [0, 0.05) is 38.2 Å². The van der Waals surface area contributed by atoms with Gasteiger partial charge in [-0.25, -0.2) is 0 Å². The summed E-state index contributed by atoms with van der Waals surface area (Å²) in [6.45, 7) is 5.76. The van der Waals surface area contributed by atoms with Crippen LogP contribution in [0.25, 0.3) is 11.1 Å². The van der Waals surface area contributed by atoms with Crippen LogP contribution in [0.1, 0.15) is 32.3 Å². The highest BCUT2D eigenvalue weighted by Crippen LogP contribution is 2.33. The predicted molar refractivity (Wildman–Crippen MR) is 124 cm³/mol. The summed E-state index contributed by atoms with van der Waals surface area (Å²) < 4.78 is 5.57. The molecular formula is C26H34N2O3. The molecule has 2 amide bonds. The van der Waals surface area contributed by atoms with E-state index in [1.54, 1.807) is 12.0 Å². The molecule has 1 fully saturated rings. The number of para-hydroxylation sites is 1. The van der Waals surface area contributed by atoms with E-state index in [2.05, 4.69) is 26.0 Å². The van der Waals surface area contributed by atoms with Crippen LogP contribution in [0.4, 0.5) is 0 Å². The zero-order valence-corrected chi connectivity index (χ0v) is 19.1. The van der Waals surface area contributed by atoms with Gasteiger partial charge in [0.05, 0.1) is 13.0 Å². The van der Waals surface area contributed by atoms with E-state index in [0.29, 0.717) is 26.1 Å². The number of likely N-dealkylation sites (N-methyl/N-ethyl adjacent to an activating group) is 1. The van der Waals surface area contributed by atoms with Crippen LogP contribution in [0.15, 0.2) is 48.5 Å². The molecule has 0 aromatic heterocycles. The zero-order valence-electron chi connectivity index (χ0n) is 19.1. The van der Waals surface area contributed by atoms with Gasteiger partial charge in [-0.2, -0.15) is 0 Å². The number of hydrogen-bond donors (Lipinski definition) is 0. The number of nitrogens with zero attached hydrogens (tertiary/aromatic N) is 2. The lowest BCUT2D eigenvalue weighted by molar-refractivity contribution is -0.136. The minimum atomic E-state index is -0.262. The van der Waals surface area contributed by atoms with Crippen LogP contribution in [0.3, 0.4) is 0 Å². The Balaban J connectivity index is 1.91. The first-order chi connectivity index (χ1) is 15.0. The van der Waals surface area contributed by atoms with Crippen molar-refractivity contribution >= 4 is 11.8 Å². The highest BCUT2D eigenvalue weighted by molar-refractivity contribution is 5.83. The smallest absolute Gasteiger partial charge is 0.227 e. The molecule has 1 saturated heterocycles. The van der Waals surface area contributed by atoms with Gasteiger partial charge in [-0.1, -0.05) is 56.3 Å². The van der Waals surface area contributed by atoms with Crippen LogP contribution in [0.5, 0.6) is 5.75 Å². The van der Waals surface area contributed by atoms with Crippen molar-refractivity contribution in [1.82, 2.24) is 9.80 Å². The SMILES string of the molecule is CCC(CC)C(=O)N1CCN(C)C(=O)C(Cc2ccccc2-c2ccccc2OC)C1. The van der Waals surface area contributed by atoms with Crippen LogP contribution in [0.2, 0.25) is 0 Å². The van der Waals surface area contributed by atoms with Gasteiger partial charge in [-0.15, -0.1) is 0 Å². The number of rotatable bonds is 7. The van der Waals surface area contributed by atoms with Crippen molar-refractivity contribution in [3.05, 3.63) is 54.1 Å². The Labute approximate surface area is 186 Å². The molecule has 0 spiro atoms. The summed E-state index contributed by atoms with van der Waals surface area (Å²) in [6.07, 6.45) is 2.25. The number of ether oxygens (including phenoxy) is 1. The first kappa shape index (κ1) is 22.9. The minimum Gasteiger partial charge on any atom is -0.496 e. The van der Waals surface area contributed by atoms with Crippen molar-refractivity contribution in [3.63, 3.8) is 0 Å². The van der Waals surface area contributed by atoms with Crippen molar-refractivity contribution in [2.75, 3.05) is 33.8 Å². The molecule has 2 aromatic carbocycles. The molecule has 1 unspecified atom stereocenters. The second-order valence-electron chi connectivity index (χ2n) is 8.32. The second kappa shape index (κ2) is 10.5. The number of carbonyl (C=O) groups excluding carboxylic acids is 2.